The van der Waals surface area contributed by atoms with Gasteiger partial charge in [0.1, 0.15) is 0 Å². The van der Waals surface area contributed by atoms with E-state index in [4.69, 9.17) is 21.5 Å². The zero-order chi connectivity index (χ0) is 15.4. The Morgan fingerprint density at radius 1 is 1.40 bits per heavy atom. The summed E-state index contributed by atoms with van der Waals surface area (Å²) >= 11 is 6.07. The molecule has 0 fully saturated rings. The summed E-state index contributed by atoms with van der Waals surface area (Å²) in [5.41, 5.74) is 0.634. The van der Waals surface area contributed by atoms with Crippen molar-refractivity contribution in [1.82, 2.24) is 0 Å². The molecule has 0 saturated heterocycles. The summed E-state index contributed by atoms with van der Waals surface area (Å²) < 4.78 is 31.4. The van der Waals surface area contributed by atoms with Crippen LogP contribution in [0.4, 0.5) is 0 Å². The highest BCUT2D eigenvalue weighted by molar-refractivity contribution is 7.84. The summed E-state index contributed by atoms with van der Waals surface area (Å²) in [6.45, 7) is 2.76. The van der Waals surface area contributed by atoms with Crippen LogP contribution in [0, 0.1) is 0 Å². The minimum atomic E-state index is -4.01. The van der Waals surface area contributed by atoms with Gasteiger partial charge < -0.3 is 9.84 Å². The lowest BCUT2D eigenvalue weighted by Crippen LogP contribution is -2.27. The van der Waals surface area contributed by atoms with Crippen molar-refractivity contribution in [3.63, 3.8) is 0 Å². The molecule has 1 rings (SSSR count). The highest BCUT2D eigenvalue weighted by atomic mass is 35.5. The van der Waals surface area contributed by atoms with Gasteiger partial charge in [0, 0.05) is 11.4 Å². The Kier molecular flexibility index (Phi) is 5.93. The summed E-state index contributed by atoms with van der Waals surface area (Å²) in [6, 6.07) is 6.93. The van der Waals surface area contributed by atoms with Crippen molar-refractivity contribution in [2.45, 2.75) is 32.2 Å². The number of halogens is 1. The van der Waals surface area contributed by atoms with Gasteiger partial charge in [-0.25, -0.2) is 5.14 Å². The molecule has 1 aromatic carbocycles. The quantitative estimate of drug-likeness (QED) is 0.745. The average molecular weight is 324 g/mol. The minimum Gasteiger partial charge on any atom is -0.366 e. The first-order chi connectivity index (χ1) is 9.08. The van der Waals surface area contributed by atoms with Crippen LogP contribution >= 0.6 is 11.6 Å². The summed E-state index contributed by atoms with van der Waals surface area (Å²) in [5.74, 6) is -1.40. The van der Waals surface area contributed by atoms with Crippen molar-refractivity contribution in [2.75, 3.05) is 6.61 Å². The number of ether oxygens (including phenoxy) is 1. The van der Waals surface area contributed by atoms with Crippen LogP contribution in [0.3, 0.4) is 0 Å². The van der Waals surface area contributed by atoms with E-state index in [0.29, 0.717) is 10.6 Å². The maximum atomic E-state index is 10.7. The number of hydrogen-bond acceptors (Lipinski definition) is 5. The maximum Gasteiger partial charge on any atom is 0.333 e. The second-order valence-electron chi connectivity index (χ2n) is 4.68. The number of benzene rings is 1. The van der Waals surface area contributed by atoms with Crippen molar-refractivity contribution in [2.24, 2.45) is 5.14 Å². The lowest BCUT2D eigenvalue weighted by molar-refractivity contribution is -0.210. The molecule has 0 aliphatic heterocycles. The van der Waals surface area contributed by atoms with E-state index in [2.05, 4.69) is 4.18 Å². The van der Waals surface area contributed by atoms with Gasteiger partial charge in [0.05, 0.1) is 12.7 Å². The van der Waals surface area contributed by atoms with Crippen molar-refractivity contribution in [3.8, 4) is 0 Å². The monoisotopic (exact) mass is 323 g/mol. The molecule has 6 nitrogen and oxygen atoms in total. The summed E-state index contributed by atoms with van der Waals surface area (Å²) in [6.07, 6.45) is -0.449. The van der Waals surface area contributed by atoms with Crippen LogP contribution in [-0.2, 0) is 19.2 Å². The van der Waals surface area contributed by atoms with Gasteiger partial charge in [-0.3, -0.25) is 4.18 Å². The molecule has 20 heavy (non-hydrogen) atoms. The van der Waals surface area contributed by atoms with Crippen molar-refractivity contribution in [3.05, 3.63) is 34.9 Å². The third-order valence-electron chi connectivity index (χ3n) is 2.31. The van der Waals surface area contributed by atoms with E-state index < -0.39 is 22.2 Å². The highest BCUT2D eigenvalue weighted by Gasteiger charge is 2.24. The Labute approximate surface area is 123 Å². The van der Waals surface area contributed by atoms with Gasteiger partial charge in [-0.05, 0) is 25.5 Å². The summed E-state index contributed by atoms with van der Waals surface area (Å²) in [7, 11) is -4.01. The van der Waals surface area contributed by atoms with E-state index in [1.807, 2.05) is 0 Å². The SMILES string of the molecule is CC(C)(O)OC(CCOS(N)(=O)=O)c1ccccc1Cl. The maximum absolute atomic E-state index is 10.7. The first-order valence-electron chi connectivity index (χ1n) is 5.90. The first kappa shape index (κ1) is 17.4. The van der Waals surface area contributed by atoms with Gasteiger partial charge in [0.25, 0.3) is 0 Å². The fourth-order valence-electron chi connectivity index (χ4n) is 1.63. The van der Waals surface area contributed by atoms with Gasteiger partial charge in [-0.15, -0.1) is 0 Å². The van der Waals surface area contributed by atoms with Crippen molar-refractivity contribution < 1.29 is 22.4 Å². The Morgan fingerprint density at radius 2 is 2.00 bits per heavy atom. The van der Waals surface area contributed by atoms with Crippen LogP contribution in [-0.4, -0.2) is 25.9 Å². The molecular weight excluding hydrogens is 306 g/mol. The van der Waals surface area contributed by atoms with Crippen LogP contribution in [0.15, 0.2) is 24.3 Å². The van der Waals surface area contributed by atoms with Gasteiger partial charge in [0.2, 0.25) is 0 Å². The van der Waals surface area contributed by atoms with Crippen LogP contribution in [0.2, 0.25) is 5.02 Å². The molecule has 0 heterocycles. The molecule has 0 aromatic heterocycles. The van der Waals surface area contributed by atoms with Crippen LogP contribution in [0.25, 0.3) is 0 Å². The molecule has 1 atom stereocenters. The molecular formula is C12H18ClNO5S. The van der Waals surface area contributed by atoms with Gasteiger partial charge in [0.15, 0.2) is 5.79 Å². The zero-order valence-electron chi connectivity index (χ0n) is 11.2. The number of nitrogens with two attached hydrogens (primary N) is 1. The fraction of sp³-hybridized carbons (Fsp3) is 0.500. The molecule has 8 heteroatoms. The third kappa shape index (κ3) is 6.65. The summed E-state index contributed by atoms with van der Waals surface area (Å²) in [5, 5.41) is 15.0. The van der Waals surface area contributed by atoms with E-state index in [1.165, 1.54) is 13.8 Å². The minimum absolute atomic E-state index is 0.171. The molecule has 0 saturated carbocycles. The molecule has 114 valence electrons. The van der Waals surface area contributed by atoms with Crippen molar-refractivity contribution in [1.29, 1.82) is 0 Å². The van der Waals surface area contributed by atoms with Crippen molar-refractivity contribution >= 4 is 21.9 Å². The van der Waals surface area contributed by atoms with Crippen LogP contribution in [0.5, 0.6) is 0 Å². The molecule has 1 unspecified atom stereocenters. The normalized spacial score (nSPS) is 14.2. The second kappa shape index (κ2) is 6.84. The molecule has 3 N–H and O–H groups in total. The topological polar surface area (TPSA) is 98.8 Å². The second-order valence-corrected chi connectivity index (χ2v) is 6.31. The van der Waals surface area contributed by atoms with E-state index in [1.54, 1.807) is 24.3 Å². The summed E-state index contributed by atoms with van der Waals surface area (Å²) in [4.78, 5) is 0. The standard InChI is InChI=1S/C12H18ClNO5S/c1-12(2,15)19-11(7-8-18-20(14,16)17)9-5-3-4-6-10(9)13/h3-6,11,15H,7-8H2,1-2H3,(H2,14,16,17). The van der Waals surface area contributed by atoms with E-state index in [-0.39, 0.29) is 13.0 Å². The number of rotatable bonds is 7. The number of aliphatic hydroxyl groups is 1. The zero-order valence-corrected chi connectivity index (χ0v) is 12.8. The first-order valence-corrected chi connectivity index (χ1v) is 7.75. The smallest absolute Gasteiger partial charge is 0.333 e. The molecule has 0 spiro atoms. The van der Waals surface area contributed by atoms with E-state index in [9.17, 15) is 13.5 Å². The lowest BCUT2D eigenvalue weighted by atomic mass is 10.1. The predicted molar refractivity (Wildman–Crippen MR) is 75.3 cm³/mol. The Bertz CT molecular complexity index is 541. The molecule has 0 aliphatic rings. The molecule has 0 radical (unpaired) electrons. The molecule has 0 amide bonds. The van der Waals surface area contributed by atoms with Gasteiger partial charge in [-0.1, -0.05) is 29.8 Å². The van der Waals surface area contributed by atoms with Crippen LogP contribution in [0.1, 0.15) is 31.9 Å². The average Bonchev–Trinajstić information content (AvgIpc) is 2.25. The van der Waals surface area contributed by atoms with E-state index in [0.717, 1.165) is 0 Å². The largest absolute Gasteiger partial charge is 0.366 e. The lowest BCUT2D eigenvalue weighted by Gasteiger charge is -2.27. The highest BCUT2D eigenvalue weighted by Crippen LogP contribution is 2.31. The van der Waals surface area contributed by atoms with Gasteiger partial charge in [-0.2, -0.15) is 8.42 Å². The Hall–Kier alpha value is -0.700. The Morgan fingerprint density at radius 3 is 2.50 bits per heavy atom. The molecule has 0 aliphatic carbocycles. The van der Waals surface area contributed by atoms with E-state index >= 15 is 0 Å². The third-order valence-corrected chi connectivity index (χ3v) is 3.15. The fourth-order valence-corrected chi connectivity index (χ4v) is 2.22. The van der Waals surface area contributed by atoms with Crippen LogP contribution < -0.4 is 5.14 Å². The predicted octanol–water partition coefficient (Wildman–Crippen LogP) is 1.74. The Balaban J connectivity index is 2.84. The number of hydrogen-bond donors (Lipinski definition) is 2. The van der Waals surface area contributed by atoms with Gasteiger partial charge >= 0.3 is 10.3 Å². The molecule has 0 bridgehead atoms. The molecule has 1 aromatic rings.